The summed E-state index contributed by atoms with van der Waals surface area (Å²) in [7, 11) is 1.54. The maximum absolute atomic E-state index is 12.9. The number of rotatable bonds is 6. The van der Waals surface area contributed by atoms with E-state index >= 15 is 0 Å². The van der Waals surface area contributed by atoms with E-state index in [1.54, 1.807) is 36.4 Å². The number of nitrogens with one attached hydrogen (secondary N) is 2. The Hall–Kier alpha value is -3.19. The van der Waals surface area contributed by atoms with Crippen LogP contribution in [0.5, 0.6) is 0 Å². The van der Waals surface area contributed by atoms with Crippen LogP contribution >= 0.6 is 11.6 Å². The number of benzene rings is 2. The van der Waals surface area contributed by atoms with Crippen LogP contribution in [0, 0.1) is 6.92 Å². The quantitative estimate of drug-likeness (QED) is 0.651. The Morgan fingerprint density at radius 2 is 1.90 bits per heavy atom. The fraction of sp³-hybridized carbons (Fsp3) is 0.238. The van der Waals surface area contributed by atoms with Gasteiger partial charge in [-0.3, -0.25) is 19.0 Å². The highest BCUT2D eigenvalue weighted by Crippen LogP contribution is 2.22. The van der Waals surface area contributed by atoms with Crippen molar-refractivity contribution in [3.8, 4) is 0 Å². The first kappa shape index (κ1) is 20.5. The lowest BCUT2D eigenvalue weighted by molar-refractivity contribution is -0.120. The van der Waals surface area contributed by atoms with Crippen LogP contribution in [0.15, 0.2) is 47.3 Å². The molecule has 0 aliphatic rings. The molecule has 0 atom stereocenters. The second-order valence-corrected chi connectivity index (χ2v) is 7.05. The molecule has 0 radical (unpaired) electrons. The summed E-state index contributed by atoms with van der Waals surface area (Å²) < 4.78 is 1.37. The highest BCUT2D eigenvalue weighted by molar-refractivity contribution is 6.33. The molecule has 0 aliphatic carbocycles. The maximum atomic E-state index is 12.9. The number of carbonyl (C=O) groups is 2. The van der Waals surface area contributed by atoms with Gasteiger partial charge in [-0.1, -0.05) is 29.8 Å². The summed E-state index contributed by atoms with van der Waals surface area (Å²) in [4.78, 5) is 41.5. The van der Waals surface area contributed by atoms with Gasteiger partial charge in [0, 0.05) is 19.9 Å². The Labute approximate surface area is 172 Å². The second-order valence-electron chi connectivity index (χ2n) is 6.64. The molecule has 3 rings (SSSR count). The van der Waals surface area contributed by atoms with E-state index in [1.165, 1.54) is 11.6 Å². The van der Waals surface area contributed by atoms with Crippen LogP contribution < -0.4 is 16.2 Å². The van der Waals surface area contributed by atoms with Crippen LogP contribution in [0.25, 0.3) is 11.0 Å². The third kappa shape index (κ3) is 4.81. The van der Waals surface area contributed by atoms with Crippen molar-refractivity contribution in [2.24, 2.45) is 0 Å². The minimum atomic E-state index is -0.391. The van der Waals surface area contributed by atoms with E-state index in [1.807, 2.05) is 13.0 Å². The molecule has 2 aromatic carbocycles. The lowest BCUT2D eigenvalue weighted by Gasteiger charge is -2.13. The van der Waals surface area contributed by atoms with Gasteiger partial charge in [-0.05, 0) is 36.8 Å². The standard InChI is InChI=1S/C21H21ClN4O3/c1-13-7-8-15(14(22)11-13)25-20(28)12-26-18-6-4-3-5-16(18)24-17(21(26)29)9-10-19(27)23-2/h3-8,11H,9-10,12H2,1-2H3,(H,23,27)(H,25,28). The van der Waals surface area contributed by atoms with Crippen molar-refractivity contribution in [2.75, 3.05) is 12.4 Å². The predicted molar refractivity (Wildman–Crippen MR) is 113 cm³/mol. The molecule has 0 unspecified atom stereocenters. The fourth-order valence-electron chi connectivity index (χ4n) is 2.98. The molecule has 1 heterocycles. The van der Waals surface area contributed by atoms with E-state index in [0.29, 0.717) is 21.7 Å². The van der Waals surface area contributed by atoms with Crippen LogP contribution in [-0.2, 0) is 22.6 Å². The van der Waals surface area contributed by atoms with Gasteiger partial charge in [0.2, 0.25) is 11.8 Å². The highest BCUT2D eigenvalue weighted by atomic mass is 35.5. The van der Waals surface area contributed by atoms with E-state index in [2.05, 4.69) is 15.6 Å². The minimum Gasteiger partial charge on any atom is -0.359 e. The normalized spacial score (nSPS) is 10.7. The van der Waals surface area contributed by atoms with Crippen molar-refractivity contribution in [3.63, 3.8) is 0 Å². The first-order valence-electron chi connectivity index (χ1n) is 9.14. The smallest absolute Gasteiger partial charge is 0.273 e. The average molecular weight is 413 g/mol. The number of carbonyl (C=O) groups excluding carboxylic acids is 2. The van der Waals surface area contributed by atoms with Crippen LogP contribution in [0.2, 0.25) is 5.02 Å². The molecule has 0 saturated carbocycles. The van der Waals surface area contributed by atoms with E-state index < -0.39 is 5.56 Å². The molecule has 8 heteroatoms. The fourth-order valence-corrected chi connectivity index (χ4v) is 3.26. The number of aromatic nitrogens is 2. The molecule has 7 nitrogen and oxygen atoms in total. The van der Waals surface area contributed by atoms with Crippen molar-refractivity contribution in [3.05, 3.63) is 69.1 Å². The van der Waals surface area contributed by atoms with Gasteiger partial charge < -0.3 is 10.6 Å². The molecule has 0 spiro atoms. The number of aryl methyl sites for hydroxylation is 2. The Bertz CT molecular complexity index is 1140. The number of nitrogens with zero attached hydrogens (tertiary/aromatic N) is 2. The zero-order valence-electron chi connectivity index (χ0n) is 16.2. The number of anilines is 1. The number of para-hydroxylation sites is 2. The topological polar surface area (TPSA) is 93.1 Å². The monoisotopic (exact) mass is 412 g/mol. The first-order chi connectivity index (χ1) is 13.9. The lowest BCUT2D eigenvalue weighted by Crippen LogP contribution is -2.31. The molecule has 0 saturated heterocycles. The molecule has 0 fully saturated rings. The first-order valence-corrected chi connectivity index (χ1v) is 9.52. The Balaban J connectivity index is 1.92. The van der Waals surface area contributed by atoms with Crippen molar-refractivity contribution in [2.45, 2.75) is 26.3 Å². The lowest BCUT2D eigenvalue weighted by atomic mass is 10.2. The van der Waals surface area contributed by atoms with Gasteiger partial charge in [0.25, 0.3) is 5.56 Å². The van der Waals surface area contributed by atoms with Gasteiger partial charge in [-0.25, -0.2) is 4.98 Å². The van der Waals surface area contributed by atoms with Gasteiger partial charge >= 0.3 is 0 Å². The number of halogens is 1. The van der Waals surface area contributed by atoms with Crippen LogP contribution in [0.4, 0.5) is 5.69 Å². The molecule has 150 valence electrons. The van der Waals surface area contributed by atoms with Crippen LogP contribution in [0.3, 0.4) is 0 Å². The van der Waals surface area contributed by atoms with E-state index in [0.717, 1.165) is 5.56 Å². The number of hydrogen-bond donors (Lipinski definition) is 2. The van der Waals surface area contributed by atoms with E-state index in [4.69, 9.17) is 11.6 Å². The summed E-state index contributed by atoms with van der Waals surface area (Å²) in [5.41, 5.74) is 2.44. The molecule has 29 heavy (non-hydrogen) atoms. The number of hydrogen-bond acceptors (Lipinski definition) is 4. The molecule has 3 aromatic rings. The number of amides is 2. The zero-order chi connectivity index (χ0) is 21.0. The Kier molecular flexibility index (Phi) is 6.29. The van der Waals surface area contributed by atoms with Crippen molar-refractivity contribution >= 4 is 40.1 Å². The van der Waals surface area contributed by atoms with E-state index in [-0.39, 0.29) is 36.9 Å². The molecule has 1 aromatic heterocycles. The average Bonchev–Trinajstić information content (AvgIpc) is 2.70. The second kappa shape index (κ2) is 8.87. The molecular formula is C21H21ClN4O3. The zero-order valence-corrected chi connectivity index (χ0v) is 16.9. The third-order valence-corrected chi connectivity index (χ3v) is 4.80. The predicted octanol–water partition coefficient (Wildman–Crippen LogP) is 2.68. The van der Waals surface area contributed by atoms with E-state index in [9.17, 15) is 14.4 Å². The summed E-state index contributed by atoms with van der Waals surface area (Å²) in [6, 6.07) is 12.4. The maximum Gasteiger partial charge on any atom is 0.273 e. The van der Waals surface area contributed by atoms with Gasteiger partial charge in [-0.15, -0.1) is 0 Å². The van der Waals surface area contributed by atoms with Gasteiger partial charge in [-0.2, -0.15) is 0 Å². The summed E-state index contributed by atoms with van der Waals surface area (Å²) in [5, 5.41) is 5.69. The van der Waals surface area contributed by atoms with Crippen LogP contribution in [0.1, 0.15) is 17.7 Å². The van der Waals surface area contributed by atoms with Crippen molar-refractivity contribution < 1.29 is 9.59 Å². The number of fused-ring (bicyclic) bond motifs is 1. The van der Waals surface area contributed by atoms with Crippen molar-refractivity contribution in [1.82, 2.24) is 14.9 Å². The third-order valence-electron chi connectivity index (χ3n) is 4.49. The minimum absolute atomic E-state index is 0.141. The van der Waals surface area contributed by atoms with Gasteiger partial charge in [0.05, 0.1) is 21.7 Å². The molecule has 2 N–H and O–H groups in total. The van der Waals surface area contributed by atoms with Crippen LogP contribution in [-0.4, -0.2) is 28.4 Å². The largest absolute Gasteiger partial charge is 0.359 e. The summed E-state index contributed by atoms with van der Waals surface area (Å²) in [6.45, 7) is 1.71. The SMILES string of the molecule is CNC(=O)CCc1nc2ccccc2n(CC(=O)Nc2ccc(C)cc2Cl)c1=O. The summed E-state index contributed by atoms with van der Waals surface area (Å²) in [5.74, 6) is -0.566. The van der Waals surface area contributed by atoms with Gasteiger partial charge in [0.15, 0.2) is 0 Å². The molecule has 0 bridgehead atoms. The molecule has 0 aliphatic heterocycles. The summed E-state index contributed by atoms with van der Waals surface area (Å²) >= 11 is 6.18. The van der Waals surface area contributed by atoms with Crippen molar-refractivity contribution in [1.29, 1.82) is 0 Å². The molecule has 2 amide bonds. The Morgan fingerprint density at radius 3 is 2.62 bits per heavy atom. The highest BCUT2D eigenvalue weighted by Gasteiger charge is 2.15. The van der Waals surface area contributed by atoms with Gasteiger partial charge in [0.1, 0.15) is 12.2 Å². The summed E-state index contributed by atoms with van der Waals surface area (Å²) in [6.07, 6.45) is 0.330. The molecular weight excluding hydrogens is 392 g/mol. The Morgan fingerprint density at radius 1 is 1.14 bits per heavy atom.